The highest BCUT2D eigenvalue weighted by atomic mass is 16.1. The van der Waals surface area contributed by atoms with Crippen molar-refractivity contribution in [3.8, 4) is 0 Å². The second-order valence-electron chi connectivity index (χ2n) is 4.37. The molecular formula is C10H16N2O. The van der Waals surface area contributed by atoms with E-state index in [2.05, 4.69) is 30.7 Å². The highest BCUT2D eigenvalue weighted by Gasteiger charge is 2.16. The average molecular weight is 180 g/mol. The van der Waals surface area contributed by atoms with Gasteiger partial charge >= 0.3 is 0 Å². The molecule has 0 spiro atoms. The van der Waals surface area contributed by atoms with Crippen LogP contribution in [0.25, 0.3) is 0 Å². The molecule has 0 aliphatic heterocycles. The molecule has 3 nitrogen and oxygen atoms in total. The van der Waals surface area contributed by atoms with E-state index < -0.39 is 0 Å². The number of carbonyl (C=O) groups is 1. The van der Waals surface area contributed by atoms with Crippen LogP contribution in [-0.4, -0.2) is 15.8 Å². The van der Waals surface area contributed by atoms with Crippen LogP contribution in [-0.2, 0) is 16.6 Å². The first-order valence-corrected chi connectivity index (χ1v) is 4.43. The SMILES string of the molecule is CC(=O)Cc1ncc(C(C)(C)C)[nH]1. The predicted molar refractivity (Wildman–Crippen MR) is 51.7 cm³/mol. The van der Waals surface area contributed by atoms with Gasteiger partial charge in [0.15, 0.2) is 0 Å². The van der Waals surface area contributed by atoms with E-state index in [1.165, 1.54) is 0 Å². The van der Waals surface area contributed by atoms with E-state index in [0.29, 0.717) is 6.42 Å². The fourth-order valence-corrected chi connectivity index (χ4v) is 1.07. The fraction of sp³-hybridized carbons (Fsp3) is 0.600. The lowest BCUT2D eigenvalue weighted by molar-refractivity contribution is -0.116. The number of hydrogen-bond donors (Lipinski definition) is 1. The zero-order valence-corrected chi connectivity index (χ0v) is 8.64. The van der Waals surface area contributed by atoms with Gasteiger partial charge in [-0.15, -0.1) is 0 Å². The Bertz CT molecular complexity index is 307. The highest BCUT2D eigenvalue weighted by molar-refractivity contribution is 5.77. The number of carbonyl (C=O) groups excluding carboxylic acids is 1. The van der Waals surface area contributed by atoms with Crippen LogP contribution in [0.5, 0.6) is 0 Å². The summed E-state index contributed by atoms with van der Waals surface area (Å²) in [6.45, 7) is 7.90. The molecule has 0 bridgehead atoms. The Balaban J connectivity index is 2.81. The van der Waals surface area contributed by atoms with Gasteiger partial charge in [0.05, 0.1) is 6.42 Å². The van der Waals surface area contributed by atoms with Crippen LogP contribution in [0.2, 0.25) is 0 Å². The first-order valence-electron chi connectivity index (χ1n) is 4.43. The lowest BCUT2D eigenvalue weighted by atomic mass is 9.93. The molecule has 1 N–H and O–H groups in total. The monoisotopic (exact) mass is 180 g/mol. The molecule has 0 saturated carbocycles. The van der Waals surface area contributed by atoms with Crippen LogP contribution in [0, 0.1) is 0 Å². The van der Waals surface area contributed by atoms with Gasteiger partial charge in [-0.1, -0.05) is 20.8 Å². The number of hydrogen-bond acceptors (Lipinski definition) is 2. The van der Waals surface area contributed by atoms with E-state index in [-0.39, 0.29) is 11.2 Å². The lowest BCUT2D eigenvalue weighted by Crippen LogP contribution is -2.11. The summed E-state index contributed by atoms with van der Waals surface area (Å²) < 4.78 is 0. The van der Waals surface area contributed by atoms with Crippen molar-refractivity contribution in [2.75, 3.05) is 0 Å². The maximum absolute atomic E-state index is 10.8. The van der Waals surface area contributed by atoms with Crippen molar-refractivity contribution < 1.29 is 4.79 Å². The van der Waals surface area contributed by atoms with Crippen LogP contribution in [0.1, 0.15) is 39.2 Å². The van der Waals surface area contributed by atoms with E-state index in [4.69, 9.17) is 0 Å². The summed E-state index contributed by atoms with van der Waals surface area (Å²) in [7, 11) is 0. The van der Waals surface area contributed by atoms with E-state index >= 15 is 0 Å². The summed E-state index contributed by atoms with van der Waals surface area (Å²) in [5.74, 6) is 0.896. The number of aromatic nitrogens is 2. The molecule has 0 atom stereocenters. The van der Waals surface area contributed by atoms with Crippen molar-refractivity contribution in [2.24, 2.45) is 0 Å². The fourth-order valence-electron chi connectivity index (χ4n) is 1.07. The molecule has 1 heterocycles. The van der Waals surface area contributed by atoms with Crippen molar-refractivity contribution in [3.63, 3.8) is 0 Å². The molecule has 1 aromatic heterocycles. The van der Waals surface area contributed by atoms with Gasteiger partial charge in [0.1, 0.15) is 11.6 Å². The summed E-state index contributed by atoms with van der Waals surface area (Å²) in [4.78, 5) is 18.1. The van der Waals surface area contributed by atoms with E-state index in [1.54, 1.807) is 13.1 Å². The van der Waals surface area contributed by atoms with Gasteiger partial charge in [0.25, 0.3) is 0 Å². The summed E-state index contributed by atoms with van der Waals surface area (Å²) in [6.07, 6.45) is 2.20. The summed E-state index contributed by atoms with van der Waals surface area (Å²) in [5.41, 5.74) is 1.14. The molecular weight excluding hydrogens is 164 g/mol. The summed E-state index contributed by atoms with van der Waals surface area (Å²) in [6, 6.07) is 0. The van der Waals surface area contributed by atoms with Crippen molar-refractivity contribution in [2.45, 2.75) is 39.5 Å². The number of nitrogens with zero attached hydrogens (tertiary/aromatic N) is 1. The molecule has 72 valence electrons. The minimum Gasteiger partial charge on any atom is -0.345 e. The minimum absolute atomic E-state index is 0.0715. The molecule has 0 aliphatic rings. The average Bonchev–Trinajstić information content (AvgIpc) is 2.32. The van der Waals surface area contributed by atoms with E-state index in [1.807, 2.05) is 0 Å². The lowest BCUT2D eigenvalue weighted by Gasteiger charge is -2.14. The standard InChI is InChI=1S/C10H16N2O/c1-7(13)5-9-11-6-8(12-9)10(2,3)4/h6H,5H2,1-4H3,(H,11,12). The van der Waals surface area contributed by atoms with Crippen LogP contribution in [0.3, 0.4) is 0 Å². The molecule has 3 heteroatoms. The van der Waals surface area contributed by atoms with Gasteiger partial charge < -0.3 is 4.98 Å². The number of H-pyrrole nitrogens is 1. The predicted octanol–water partition coefficient (Wildman–Crippen LogP) is 1.84. The molecule has 0 unspecified atom stereocenters. The molecule has 1 rings (SSSR count). The number of nitrogens with one attached hydrogen (secondary N) is 1. The van der Waals surface area contributed by atoms with Gasteiger partial charge in [0.2, 0.25) is 0 Å². The summed E-state index contributed by atoms with van der Waals surface area (Å²) in [5, 5.41) is 0. The van der Waals surface area contributed by atoms with Crippen LogP contribution in [0.4, 0.5) is 0 Å². The number of rotatable bonds is 2. The first-order chi connectivity index (χ1) is 5.89. The number of aromatic amines is 1. The van der Waals surface area contributed by atoms with Crippen molar-refractivity contribution >= 4 is 5.78 Å². The van der Waals surface area contributed by atoms with Gasteiger partial charge in [-0.05, 0) is 6.92 Å². The second kappa shape index (κ2) is 3.32. The van der Waals surface area contributed by atoms with Gasteiger partial charge in [-0.3, -0.25) is 4.79 Å². The molecule has 0 saturated heterocycles. The van der Waals surface area contributed by atoms with E-state index in [0.717, 1.165) is 11.5 Å². The Morgan fingerprint density at radius 2 is 2.15 bits per heavy atom. The molecule has 0 aliphatic carbocycles. The largest absolute Gasteiger partial charge is 0.345 e. The van der Waals surface area contributed by atoms with E-state index in [9.17, 15) is 4.79 Å². The Morgan fingerprint density at radius 3 is 2.54 bits per heavy atom. The zero-order chi connectivity index (χ0) is 10.1. The number of imidazole rings is 1. The normalized spacial score (nSPS) is 11.7. The molecule has 0 aromatic carbocycles. The topological polar surface area (TPSA) is 45.8 Å². The summed E-state index contributed by atoms with van der Waals surface area (Å²) >= 11 is 0. The number of ketones is 1. The smallest absolute Gasteiger partial charge is 0.137 e. The highest BCUT2D eigenvalue weighted by Crippen LogP contribution is 2.19. The van der Waals surface area contributed by atoms with Gasteiger partial charge in [-0.2, -0.15) is 0 Å². The Hall–Kier alpha value is -1.12. The Morgan fingerprint density at radius 1 is 1.54 bits per heavy atom. The third-order valence-corrected chi connectivity index (χ3v) is 1.85. The Kier molecular flexibility index (Phi) is 2.55. The van der Waals surface area contributed by atoms with Crippen molar-refractivity contribution in [3.05, 3.63) is 17.7 Å². The first kappa shape index (κ1) is 9.96. The van der Waals surface area contributed by atoms with Crippen LogP contribution >= 0.6 is 0 Å². The van der Waals surface area contributed by atoms with Crippen molar-refractivity contribution in [1.29, 1.82) is 0 Å². The molecule has 0 amide bonds. The zero-order valence-electron chi connectivity index (χ0n) is 8.64. The quantitative estimate of drug-likeness (QED) is 0.754. The number of Topliss-reactive ketones (excluding diaryl/α,β-unsaturated/α-hetero) is 1. The maximum Gasteiger partial charge on any atom is 0.137 e. The third-order valence-electron chi connectivity index (χ3n) is 1.85. The molecule has 0 radical (unpaired) electrons. The minimum atomic E-state index is 0.0715. The van der Waals surface area contributed by atoms with Gasteiger partial charge in [0, 0.05) is 17.3 Å². The molecule has 13 heavy (non-hydrogen) atoms. The molecule has 1 aromatic rings. The van der Waals surface area contributed by atoms with Gasteiger partial charge in [-0.25, -0.2) is 4.98 Å². The Labute approximate surface area is 78.6 Å². The molecule has 0 fully saturated rings. The van der Waals surface area contributed by atoms with Crippen LogP contribution < -0.4 is 0 Å². The second-order valence-corrected chi connectivity index (χ2v) is 4.37. The van der Waals surface area contributed by atoms with Crippen LogP contribution in [0.15, 0.2) is 6.20 Å². The maximum atomic E-state index is 10.8. The van der Waals surface area contributed by atoms with Crippen molar-refractivity contribution in [1.82, 2.24) is 9.97 Å². The third kappa shape index (κ3) is 2.68.